The summed E-state index contributed by atoms with van der Waals surface area (Å²) in [7, 11) is 0. The van der Waals surface area contributed by atoms with E-state index in [9.17, 15) is 0 Å². The van der Waals surface area contributed by atoms with Gasteiger partial charge in [0, 0.05) is 16.5 Å². The van der Waals surface area contributed by atoms with Crippen molar-refractivity contribution in [2.75, 3.05) is 5.43 Å². The predicted octanol–water partition coefficient (Wildman–Crippen LogP) is 6.22. The molecule has 3 rings (SSSR count). The van der Waals surface area contributed by atoms with Crippen LogP contribution >= 0.6 is 46.1 Å². The number of nitrogens with one attached hydrogen (secondary N) is 1. The molecule has 0 radical (unpaired) electrons. The lowest BCUT2D eigenvalue weighted by atomic mass is 10.2. The second kappa shape index (κ2) is 7.32. The molecule has 0 amide bonds. The number of nitrogens with zero attached hydrogens (tertiary/aromatic N) is 2. The number of rotatable bonds is 4. The summed E-state index contributed by atoms with van der Waals surface area (Å²) in [6, 6.07) is 13.3. The highest BCUT2D eigenvalue weighted by Gasteiger charge is 2.07. The van der Waals surface area contributed by atoms with Crippen LogP contribution in [-0.2, 0) is 0 Å². The van der Waals surface area contributed by atoms with Gasteiger partial charge >= 0.3 is 0 Å². The first kappa shape index (κ1) is 16.3. The van der Waals surface area contributed by atoms with Crippen LogP contribution in [0.15, 0.2) is 52.9 Å². The Bertz CT molecular complexity index is 847. The highest BCUT2D eigenvalue weighted by atomic mass is 35.5. The molecule has 3 nitrogen and oxygen atoms in total. The average Bonchev–Trinajstić information content (AvgIpc) is 3.04. The lowest BCUT2D eigenvalue weighted by Crippen LogP contribution is -1.92. The zero-order valence-corrected chi connectivity index (χ0v) is 14.7. The van der Waals surface area contributed by atoms with Gasteiger partial charge in [-0.3, -0.25) is 5.43 Å². The fourth-order valence-electron chi connectivity index (χ4n) is 1.88. The Morgan fingerprint density at radius 2 is 1.74 bits per heavy atom. The molecule has 0 saturated carbocycles. The Morgan fingerprint density at radius 1 is 1.00 bits per heavy atom. The van der Waals surface area contributed by atoms with Crippen molar-refractivity contribution in [1.82, 2.24) is 4.98 Å². The van der Waals surface area contributed by atoms with Gasteiger partial charge in [-0.25, -0.2) is 4.98 Å². The molecule has 0 aliphatic rings. The van der Waals surface area contributed by atoms with Crippen molar-refractivity contribution in [3.63, 3.8) is 0 Å². The maximum Gasteiger partial charge on any atom is 0.203 e. The first-order valence-corrected chi connectivity index (χ1v) is 8.60. The molecule has 0 aliphatic carbocycles. The molecule has 0 aliphatic heterocycles. The molecule has 3 aromatic rings. The van der Waals surface area contributed by atoms with Gasteiger partial charge in [0.05, 0.1) is 27.0 Å². The lowest BCUT2D eigenvalue weighted by Gasteiger charge is -2.02. The molecule has 7 heteroatoms. The van der Waals surface area contributed by atoms with Crippen LogP contribution in [0.4, 0.5) is 5.13 Å². The highest BCUT2D eigenvalue weighted by molar-refractivity contribution is 7.14. The van der Waals surface area contributed by atoms with Gasteiger partial charge < -0.3 is 0 Å². The van der Waals surface area contributed by atoms with Crippen molar-refractivity contribution in [2.45, 2.75) is 0 Å². The number of aromatic nitrogens is 1. The van der Waals surface area contributed by atoms with E-state index in [2.05, 4.69) is 15.5 Å². The number of hydrogen-bond donors (Lipinski definition) is 1. The summed E-state index contributed by atoms with van der Waals surface area (Å²) < 4.78 is 0. The number of hydrazone groups is 1. The third-order valence-corrected chi connectivity index (χ3v) is 4.90. The summed E-state index contributed by atoms with van der Waals surface area (Å²) in [4.78, 5) is 4.48. The summed E-state index contributed by atoms with van der Waals surface area (Å²) in [5.41, 5.74) is 5.39. The maximum absolute atomic E-state index is 6.12. The number of thiazole rings is 1. The van der Waals surface area contributed by atoms with E-state index in [1.54, 1.807) is 12.1 Å². The fraction of sp³-hybridized carbons (Fsp3) is 0. The van der Waals surface area contributed by atoms with Gasteiger partial charge in [0.15, 0.2) is 0 Å². The summed E-state index contributed by atoms with van der Waals surface area (Å²) in [5, 5.41) is 8.05. The quantitative estimate of drug-likeness (QED) is 0.330. The molecule has 2 aromatic carbocycles. The lowest BCUT2D eigenvalue weighted by molar-refractivity contribution is 1.29. The second-order valence-electron chi connectivity index (χ2n) is 4.53. The van der Waals surface area contributed by atoms with E-state index < -0.39 is 0 Å². The Balaban J connectivity index is 1.75. The molecule has 0 bridgehead atoms. The predicted molar refractivity (Wildman–Crippen MR) is 100 cm³/mol. The molecule has 1 N–H and O–H groups in total. The van der Waals surface area contributed by atoms with Gasteiger partial charge in [-0.1, -0.05) is 65.1 Å². The third kappa shape index (κ3) is 3.85. The topological polar surface area (TPSA) is 37.3 Å². The smallest absolute Gasteiger partial charge is 0.203 e. The van der Waals surface area contributed by atoms with Crippen molar-refractivity contribution in [1.29, 1.82) is 0 Å². The standard InChI is InChI=1S/C16H10Cl3N3S/c17-12-6-7-13(18)15(19)11(12)8-20-22-16-21-14(9-23-16)10-4-2-1-3-5-10/h1-9H,(H,21,22)/b20-8-. The summed E-state index contributed by atoms with van der Waals surface area (Å²) in [6.07, 6.45) is 1.53. The zero-order chi connectivity index (χ0) is 16.2. The van der Waals surface area contributed by atoms with Crippen LogP contribution in [0.2, 0.25) is 15.1 Å². The van der Waals surface area contributed by atoms with Crippen LogP contribution in [0.25, 0.3) is 11.3 Å². The zero-order valence-electron chi connectivity index (χ0n) is 11.6. The Hall–Kier alpha value is -1.59. The first-order chi connectivity index (χ1) is 11.1. The van der Waals surface area contributed by atoms with E-state index in [4.69, 9.17) is 34.8 Å². The molecule has 0 saturated heterocycles. The van der Waals surface area contributed by atoms with Crippen LogP contribution in [0.5, 0.6) is 0 Å². The van der Waals surface area contributed by atoms with Crippen LogP contribution in [-0.4, -0.2) is 11.2 Å². The minimum atomic E-state index is 0.369. The van der Waals surface area contributed by atoms with Gasteiger partial charge in [-0.15, -0.1) is 11.3 Å². The minimum absolute atomic E-state index is 0.369. The molecule has 1 heterocycles. The van der Waals surface area contributed by atoms with Gasteiger partial charge in [0.1, 0.15) is 0 Å². The molecule has 1 aromatic heterocycles. The molecule has 0 spiro atoms. The summed E-state index contributed by atoms with van der Waals surface area (Å²) in [6.45, 7) is 0. The number of anilines is 1. The average molecular weight is 383 g/mol. The number of benzene rings is 2. The minimum Gasteiger partial charge on any atom is -0.253 e. The fourth-order valence-corrected chi connectivity index (χ4v) is 3.18. The van der Waals surface area contributed by atoms with Gasteiger partial charge in [-0.2, -0.15) is 5.10 Å². The highest BCUT2D eigenvalue weighted by Crippen LogP contribution is 2.30. The number of halogens is 3. The van der Waals surface area contributed by atoms with Crippen molar-refractivity contribution in [3.8, 4) is 11.3 Å². The molecular weight excluding hydrogens is 373 g/mol. The van der Waals surface area contributed by atoms with E-state index in [1.807, 2.05) is 35.7 Å². The molecule has 0 fully saturated rings. The molecule has 23 heavy (non-hydrogen) atoms. The third-order valence-electron chi connectivity index (χ3n) is 3.01. The van der Waals surface area contributed by atoms with Crippen molar-refractivity contribution in [2.24, 2.45) is 5.10 Å². The van der Waals surface area contributed by atoms with E-state index in [0.717, 1.165) is 11.3 Å². The Morgan fingerprint density at radius 3 is 2.52 bits per heavy atom. The van der Waals surface area contributed by atoms with Crippen molar-refractivity contribution < 1.29 is 0 Å². The first-order valence-electron chi connectivity index (χ1n) is 6.58. The molecule has 0 atom stereocenters. The van der Waals surface area contributed by atoms with E-state index >= 15 is 0 Å². The SMILES string of the molecule is Clc1ccc(Cl)c(/C=N\Nc2nc(-c3ccccc3)cs2)c1Cl. The van der Waals surface area contributed by atoms with Gasteiger partial charge in [0.25, 0.3) is 0 Å². The molecule has 0 unspecified atom stereocenters. The molecular formula is C16H10Cl3N3S. The maximum atomic E-state index is 6.12. The monoisotopic (exact) mass is 381 g/mol. The van der Waals surface area contributed by atoms with E-state index in [0.29, 0.717) is 25.8 Å². The van der Waals surface area contributed by atoms with Crippen molar-refractivity contribution >= 4 is 57.5 Å². The van der Waals surface area contributed by atoms with E-state index in [1.165, 1.54) is 17.6 Å². The summed E-state index contributed by atoms with van der Waals surface area (Å²) >= 11 is 19.6. The van der Waals surface area contributed by atoms with Gasteiger partial charge in [0.2, 0.25) is 5.13 Å². The largest absolute Gasteiger partial charge is 0.253 e. The van der Waals surface area contributed by atoms with Gasteiger partial charge in [-0.05, 0) is 12.1 Å². The summed E-state index contributed by atoms with van der Waals surface area (Å²) in [5.74, 6) is 0. The second-order valence-corrected chi connectivity index (χ2v) is 6.58. The van der Waals surface area contributed by atoms with Crippen LogP contribution in [0.1, 0.15) is 5.56 Å². The Labute approximate surface area is 152 Å². The van der Waals surface area contributed by atoms with Crippen LogP contribution < -0.4 is 5.43 Å². The normalized spacial score (nSPS) is 11.1. The van der Waals surface area contributed by atoms with Crippen LogP contribution in [0, 0.1) is 0 Å². The van der Waals surface area contributed by atoms with Crippen molar-refractivity contribution in [3.05, 3.63) is 68.5 Å². The number of hydrogen-bond acceptors (Lipinski definition) is 4. The molecule has 116 valence electrons. The Kier molecular flexibility index (Phi) is 5.18. The van der Waals surface area contributed by atoms with Crippen LogP contribution in [0.3, 0.4) is 0 Å². The van der Waals surface area contributed by atoms with E-state index in [-0.39, 0.29) is 0 Å².